The van der Waals surface area contributed by atoms with Crippen molar-refractivity contribution < 1.29 is 9.84 Å². The first-order valence-electron chi connectivity index (χ1n) is 6.07. The summed E-state index contributed by atoms with van der Waals surface area (Å²) in [7, 11) is 5.78. The third-order valence-electron chi connectivity index (χ3n) is 3.15. The summed E-state index contributed by atoms with van der Waals surface area (Å²) < 4.78 is 7.08. The van der Waals surface area contributed by atoms with Crippen molar-refractivity contribution >= 4 is 10.9 Å². The van der Waals surface area contributed by atoms with E-state index in [2.05, 4.69) is 25.1 Å². The smallest absolute Gasteiger partial charge is 0.120 e. The number of ether oxygens (including phenoxy) is 1. The summed E-state index contributed by atoms with van der Waals surface area (Å²) in [5.41, 5.74) is 2.28. The minimum absolute atomic E-state index is 0.00830. The molecular formula is C14H20N2O2. The summed E-state index contributed by atoms with van der Waals surface area (Å²) in [6.07, 6.45) is 3.00. The number of methoxy groups -OCH3 is 1. The molecule has 4 nitrogen and oxygen atoms in total. The number of likely N-dealkylation sites (N-methyl/N-ethyl adjacent to an activating group) is 1. The molecule has 2 aromatic rings. The van der Waals surface area contributed by atoms with Crippen LogP contribution < -0.4 is 4.74 Å². The fourth-order valence-electron chi connectivity index (χ4n) is 2.14. The van der Waals surface area contributed by atoms with Gasteiger partial charge in [0.25, 0.3) is 0 Å². The van der Waals surface area contributed by atoms with E-state index in [4.69, 9.17) is 4.74 Å². The molecule has 0 atom stereocenters. The van der Waals surface area contributed by atoms with Gasteiger partial charge in [-0.15, -0.1) is 0 Å². The average molecular weight is 248 g/mol. The molecule has 0 spiro atoms. The Morgan fingerprint density at radius 1 is 1.33 bits per heavy atom. The molecule has 1 heterocycles. The first-order valence-corrected chi connectivity index (χ1v) is 6.07. The van der Waals surface area contributed by atoms with Crippen molar-refractivity contribution in [3.05, 3.63) is 30.0 Å². The predicted molar refractivity (Wildman–Crippen MR) is 73.0 cm³/mol. The van der Waals surface area contributed by atoms with E-state index in [0.29, 0.717) is 0 Å². The summed E-state index contributed by atoms with van der Waals surface area (Å²) in [6, 6.07) is 5.99. The van der Waals surface area contributed by atoms with Gasteiger partial charge in [0.05, 0.1) is 12.6 Å². The highest BCUT2D eigenvalue weighted by molar-refractivity contribution is 5.85. The molecule has 18 heavy (non-hydrogen) atoms. The highest BCUT2D eigenvalue weighted by atomic mass is 16.5. The molecule has 0 fully saturated rings. The van der Waals surface area contributed by atoms with Gasteiger partial charge in [0.15, 0.2) is 0 Å². The lowest BCUT2D eigenvalue weighted by Crippen LogP contribution is -2.14. The maximum Gasteiger partial charge on any atom is 0.120 e. The van der Waals surface area contributed by atoms with Crippen molar-refractivity contribution in [1.29, 1.82) is 0 Å². The van der Waals surface area contributed by atoms with E-state index in [-0.39, 0.29) is 6.73 Å². The monoisotopic (exact) mass is 248 g/mol. The summed E-state index contributed by atoms with van der Waals surface area (Å²) in [5, 5.41) is 10.6. The molecule has 0 unspecified atom stereocenters. The summed E-state index contributed by atoms with van der Waals surface area (Å²) >= 11 is 0. The first-order chi connectivity index (χ1) is 8.65. The minimum Gasteiger partial charge on any atom is -0.497 e. The Labute approximate surface area is 107 Å². The van der Waals surface area contributed by atoms with Crippen molar-refractivity contribution in [1.82, 2.24) is 9.47 Å². The maximum absolute atomic E-state index is 9.40. The second-order valence-electron chi connectivity index (χ2n) is 4.70. The quantitative estimate of drug-likeness (QED) is 0.875. The summed E-state index contributed by atoms with van der Waals surface area (Å²) in [6.45, 7) is 0.988. The molecule has 98 valence electrons. The fourth-order valence-corrected chi connectivity index (χ4v) is 2.14. The van der Waals surface area contributed by atoms with Gasteiger partial charge in [-0.1, -0.05) is 0 Å². The number of benzene rings is 1. The average Bonchev–Trinajstić information content (AvgIpc) is 2.73. The molecule has 0 saturated heterocycles. The summed E-state index contributed by atoms with van der Waals surface area (Å²) in [5.74, 6) is 0.814. The van der Waals surface area contributed by atoms with E-state index in [0.717, 1.165) is 24.2 Å². The highest BCUT2D eigenvalue weighted by Gasteiger charge is 2.09. The van der Waals surface area contributed by atoms with Crippen molar-refractivity contribution in [2.75, 3.05) is 27.7 Å². The normalized spacial score (nSPS) is 11.4. The maximum atomic E-state index is 9.40. The summed E-state index contributed by atoms with van der Waals surface area (Å²) in [4.78, 5) is 2.16. The van der Waals surface area contributed by atoms with Crippen LogP contribution in [0.15, 0.2) is 24.4 Å². The lowest BCUT2D eigenvalue weighted by molar-refractivity contribution is 0.215. The van der Waals surface area contributed by atoms with Crippen LogP contribution in [0.4, 0.5) is 0 Å². The molecule has 2 rings (SSSR count). The van der Waals surface area contributed by atoms with Crippen molar-refractivity contribution in [3.8, 4) is 5.75 Å². The zero-order valence-electron chi connectivity index (χ0n) is 11.2. The van der Waals surface area contributed by atoms with E-state index >= 15 is 0 Å². The molecule has 1 N–H and O–H groups in total. The molecule has 0 bridgehead atoms. The van der Waals surface area contributed by atoms with E-state index in [9.17, 15) is 5.11 Å². The molecule has 0 saturated carbocycles. The standard InChI is InChI=1S/C14H20N2O2/c1-15(2)7-6-11-9-16(10-17)14-8-12(18-3)4-5-13(11)14/h4-5,8-9,17H,6-7,10H2,1-3H3. The number of aliphatic hydroxyl groups is 1. The molecular weight excluding hydrogens is 228 g/mol. The molecule has 4 heteroatoms. The number of fused-ring (bicyclic) bond motifs is 1. The van der Waals surface area contributed by atoms with Gasteiger partial charge in [0.2, 0.25) is 0 Å². The molecule has 0 amide bonds. The minimum atomic E-state index is -0.00830. The molecule has 0 aliphatic rings. The lowest BCUT2D eigenvalue weighted by atomic mass is 10.1. The van der Waals surface area contributed by atoms with E-state index in [1.54, 1.807) is 7.11 Å². The molecule has 0 aliphatic heterocycles. The number of hydrogen-bond donors (Lipinski definition) is 1. The third-order valence-corrected chi connectivity index (χ3v) is 3.15. The SMILES string of the molecule is COc1ccc2c(CCN(C)C)cn(CO)c2c1. The second-order valence-corrected chi connectivity index (χ2v) is 4.70. The molecule has 1 aromatic heterocycles. The van der Waals surface area contributed by atoms with Gasteiger partial charge in [-0.25, -0.2) is 0 Å². The van der Waals surface area contributed by atoms with Crippen LogP contribution in [0.5, 0.6) is 5.75 Å². The third kappa shape index (κ3) is 2.49. The number of aromatic nitrogens is 1. The molecule has 1 aromatic carbocycles. The van der Waals surface area contributed by atoms with Gasteiger partial charge < -0.3 is 19.3 Å². The molecule has 0 aliphatic carbocycles. The van der Waals surface area contributed by atoms with Crippen molar-refractivity contribution in [2.45, 2.75) is 13.2 Å². The van der Waals surface area contributed by atoms with Crippen LogP contribution in [-0.2, 0) is 13.2 Å². The Hall–Kier alpha value is -1.52. The Morgan fingerprint density at radius 3 is 2.72 bits per heavy atom. The van der Waals surface area contributed by atoms with Gasteiger partial charge in [-0.3, -0.25) is 0 Å². The fraction of sp³-hybridized carbons (Fsp3) is 0.429. The van der Waals surface area contributed by atoms with Gasteiger partial charge in [-0.05, 0) is 38.2 Å². The predicted octanol–water partition coefficient (Wildman–Crippen LogP) is 1.70. The Bertz CT molecular complexity index is 532. The van der Waals surface area contributed by atoms with Crippen LogP contribution in [0.1, 0.15) is 5.56 Å². The van der Waals surface area contributed by atoms with Crippen molar-refractivity contribution in [2.24, 2.45) is 0 Å². The van der Waals surface area contributed by atoms with Crippen LogP contribution in [0, 0.1) is 0 Å². The topological polar surface area (TPSA) is 37.6 Å². The zero-order chi connectivity index (χ0) is 13.1. The number of hydrogen-bond acceptors (Lipinski definition) is 3. The first kappa shape index (κ1) is 12.9. The van der Waals surface area contributed by atoms with Crippen LogP contribution in [0.3, 0.4) is 0 Å². The van der Waals surface area contributed by atoms with E-state index in [1.807, 2.05) is 22.9 Å². The Kier molecular flexibility index (Phi) is 3.89. The van der Waals surface area contributed by atoms with Gasteiger partial charge in [-0.2, -0.15) is 0 Å². The van der Waals surface area contributed by atoms with E-state index < -0.39 is 0 Å². The van der Waals surface area contributed by atoms with Crippen LogP contribution >= 0.6 is 0 Å². The van der Waals surface area contributed by atoms with Crippen LogP contribution in [0.2, 0.25) is 0 Å². The largest absolute Gasteiger partial charge is 0.497 e. The number of nitrogens with zero attached hydrogens (tertiary/aromatic N) is 2. The van der Waals surface area contributed by atoms with Gasteiger partial charge in [0, 0.05) is 24.2 Å². The van der Waals surface area contributed by atoms with E-state index in [1.165, 1.54) is 10.9 Å². The zero-order valence-corrected chi connectivity index (χ0v) is 11.2. The van der Waals surface area contributed by atoms with Crippen molar-refractivity contribution in [3.63, 3.8) is 0 Å². The molecule has 0 radical (unpaired) electrons. The number of aliphatic hydroxyl groups excluding tert-OH is 1. The second kappa shape index (κ2) is 5.42. The lowest BCUT2D eigenvalue weighted by Gasteiger charge is -2.08. The van der Waals surface area contributed by atoms with Crippen LogP contribution in [-0.4, -0.2) is 42.3 Å². The number of rotatable bonds is 5. The highest BCUT2D eigenvalue weighted by Crippen LogP contribution is 2.26. The Balaban J connectivity index is 2.42. The Morgan fingerprint density at radius 2 is 2.11 bits per heavy atom. The van der Waals surface area contributed by atoms with Gasteiger partial charge in [0.1, 0.15) is 12.5 Å². The van der Waals surface area contributed by atoms with Crippen LogP contribution in [0.25, 0.3) is 10.9 Å². The van der Waals surface area contributed by atoms with Gasteiger partial charge >= 0.3 is 0 Å².